The maximum absolute atomic E-state index is 12.4. The Hall–Kier alpha value is -3.44. The molecule has 1 fully saturated rings. The van der Waals surface area contributed by atoms with E-state index in [0.29, 0.717) is 6.54 Å². The number of likely N-dealkylation sites (N-methyl/N-ethyl adjacent to an activating group) is 1. The third kappa shape index (κ3) is 4.04. The molecule has 0 radical (unpaired) electrons. The van der Waals surface area contributed by atoms with Gasteiger partial charge < -0.3 is 14.7 Å². The molecule has 0 bridgehead atoms. The molecule has 1 saturated heterocycles. The van der Waals surface area contributed by atoms with Crippen LogP contribution < -0.4 is 9.80 Å². The first-order chi connectivity index (χ1) is 15.6. The summed E-state index contributed by atoms with van der Waals surface area (Å²) < 4.78 is 0. The average molecular weight is 425 g/mol. The van der Waals surface area contributed by atoms with Gasteiger partial charge in [-0.2, -0.15) is 0 Å². The third-order valence-corrected chi connectivity index (χ3v) is 6.38. The Morgan fingerprint density at radius 1 is 0.875 bits per heavy atom. The van der Waals surface area contributed by atoms with Gasteiger partial charge in [0.05, 0.1) is 17.9 Å². The van der Waals surface area contributed by atoms with Crippen molar-refractivity contribution in [2.24, 2.45) is 0 Å². The first-order valence-corrected chi connectivity index (χ1v) is 11.2. The molecule has 0 atom stereocenters. The molecule has 162 valence electrons. The molecule has 5 rings (SSSR count). The lowest BCUT2D eigenvalue weighted by atomic mass is 9.97. The summed E-state index contributed by atoms with van der Waals surface area (Å²) in [5.41, 5.74) is 6.32. The molecule has 3 aromatic rings. The number of hydrogen-bond donors (Lipinski definition) is 0. The lowest BCUT2D eigenvalue weighted by Gasteiger charge is -2.33. The Labute approximate surface area is 189 Å². The van der Waals surface area contributed by atoms with Crippen LogP contribution in [0.5, 0.6) is 0 Å². The van der Waals surface area contributed by atoms with E-state index in [9.17, 15) is 4.79 Å². The quantitative estimate of drug-likeness (QED) is 0.606. The zero-order valence-corrected chi connectivity index (χ0v) is 18.7. The van der Waals surface area contributed by atoms with Crippen molar-refractivity contribution in [1.82, 2.24) is 9.88 Å². The zero-order valence-electron chi connectivity index (χ0n) is 18.7. The topological polar surface area (TPSA) is 39.7 Å². The van der Waals surface area contributed by atoms with Crippen molar-refractivity contribution in [1.29, 1.82) is 0 Å². The maximum Gasteiger partial charge on any atom is 0.224 e. The number of para-hydroxylation sites is 1. The van der Waals surface area contributed by atoms with E-state index in [-0.39, 0.29) is 5.91 Å². The summed E-state index contributed by atoms with van der Waals surface area (Å²) in [5.74, 6) is 1.08. The van der Waals surface area contributed by atoms with Crippen LogP contribution in [-0.2, 0) is 11.3 Å². The number of carbonyl (C=O) groups is 1. The number of aromatic nitrogens is 1. The molecule has 2 aromatic carbocycles. The van der Waals surface area contributed by atoms with Gasteiger partial charge in [0.2, 0.25) is 5.91 Å². The van der Waals surface area contributed by atoms with Crippen molar-refractivity contribution in [3.05, 3.63) is 77.4 Å². The number of amides is 1. The van der Waals surface area contributed by atoms with Crippen molar-refractivity contribution in [3.8, 4) is 11.3 Å². The first-order valence-electron chi connectivity index (χ1n) is 11.2. The zero-order chi connectivity index (χ0) is 22.1. The fourth-order valence-electron chi connectivity index (χ4n) is 4.44. The molecule has 5 heteroatoms. The molecule has 2 aliphatic heterocycles. The predicted octanol–water partition coefficient (Wildman–Crippen LogP) is 4.54. The van der Waals surface area contributed by atoms with Crippen molar-refractivity contribution < 1.29 is 4.79 Å². The van der Waals surface area contributed by atoms with Crippen LogP contribution in [0.4, 0.5) is 11.5 Å². The molecule has 0 unspecified atom stereocenters. The summed E-state index contributed by atoms with van der Waals surface area (Å²) in [5, 5.41) is 0. The van der Waals surface area contributed by atoms with E-state index in [1.165, 1.54) is 0 Å². The van der Waals surface area contributed by atoms with Crippen LogP contribution in [0.1, 0.15) is 23.6 Å². The largest absolute Gasteiger partial charge is 0.354 e. The fraction of sp³-hybridized carbons (Fsp3) is 0.259. The highest BCUT2D eigenvalue weighted by Gasteiger charge is 2.19. The molecule has 1 amide bonds. The van der Waals surface area contributed by atoms with E-state index < -0.39 is 0 Å². The van der Waals surface area contributed by atoms with Crippen LogP contribution in [0.3, 0.4) is 0 Å². The Bertz CT molecular complexity index is 1180. The highest BCUT2D eigenvalue weighted by Crippen LogP contribution is 2.31. The minimum absolute atomic E-state index is 0.0457. The number of hydrogen-bond acceptors (Lipinski definition) is 4. The summed E-state index contributed by atoms with van der Waals surface area (Å²) in [7, 11) is 2.16. The second kappa shape index (κ2) is 8.60. The Morgan fingerprint density at radius 2 is 1.66 bits per heavy atom. The molecule has 3 heterocycles. The number of pyridine rings is 1. The Morgan fingerprint density at radius 3 is 2.47 bits per heavy atom. The molecule has 5 nitrogen and oxygen atoms in total. The van der Waals surface area contributed by atoms with Crippen molar-refractivity contribution >= 4 is 29.6 Å². The number of nitrogens with zero attached hydrogens (tertiary/aromatic N) is 4. The monoisotopic (exact) mass is 424 g/mol. The summed E-state index contributed by atoms with van der Waals surface area (Å²) in [6.45, 7) is 6.30. The number of carbonyl (C=O) groups excluding carboxylic acids is 1. The summed E-state index contributed by atoms with van der Waals surface area (Å²) in [4.78, 5) is 24.0. The minimum atomic E-state index is 0.0457. The van der Waals surface area contributed by atoms with Crippen LogP contribution in [0, 0.1) is 0 Å². The lowest BCUT2D eigenvalue weighted by Crippen LogP contribution is -2.44. The van der Waals surface area contributed by atoms with Crippen LogP contribution in [0.15, 0.2) is 60.7 Å². The maximum atomic E-state index is 12.4. The predicted molar refractivity (Wildman–Crippen MR) is 132 cm³/mol. The Kier molecular flexibility index (Phi) is 5.50. The van der Waals surface area contributed by atoms with Gasteiger partial charge in [0.15, 0.2) is 0 Å². The fourth-order valence-corrected chi connectivity index (χ4v) is 4.44. The van der Waals surface area contributed by atoms with Gasteiger partial charge in [0.1, 0.15) is 5.82 Å². The lowest BCUT2D eigenvalue weighted by molar-refractivity contribution is -0.116. The van der Waals surface area contributed by atoms with Crippen molar-refractivity contribution in [3.63, 3.8) is 0 Å². The Balaban J connectivity index is 1.50. The molecular weight excluding hydrogens is 396 g/mol. The van der Waals surface area contributed by atoms with Gasteiger partial charge >= 0.3 is 0 Å². The normalized spacial score (nSPS) is 16.2. The van der Waals surface area contributed by atoms with Gasteiger partial charge in [-0.15, -0.1) is 0 Å². The summed E-state index contributed by atoms with van der Waals surface area (Å²) in [6, 6.07) is 20.8. The highest BCUT2D eigenvalue weighted by atomic mass is 16.2. The van der Waals surface area contributed by atoms with Crippen LogP contribution >= 0.6 is 0 Å². The number of fused-ring (bicyclic) bond motifs is 2. The molecule has 0 saturated carbocycles. The van der Waals surface area contributed by atoms with E-state index in [1.807, 2.05) is 23.1 Å². The molecule has 0 aliphatic carbocycles. The molecule has 32 heavy (non-hydrogen) atoms. The van der Waals surface area contributed by atoms with Crippen LogP contribution in [0.2, 0.25) is 0 Å². The number of benzene rings is 2. The van der Waals surface area contributed by atoms with E-state index in [0.717, 1.165) is 65.6 Å². The van der Waals surface area contributed by atoms with Crippen LogP contribution in [0.25, 0.3) is 23.4 Å². The van der Waals surface area contributed by atoms with Gasteiger partial charge in [-0.3, -0.25) is 4.79 Å². The van der Waals surface area contributed by atoms with Gasteiger partial charge in [-0.25, -0.2) is 4.98 Å². The van der Waals surface area contributed by atoms with Crippen molar-refractivity contribution in [2.45, 2.75) is 13.5 Å². The molecule has 0 spiro atoms. The summed E-state index contributed by atoms with van der Waals surface area (Å²) >= 11 is 0. The van der Waals surface area contributed by atoms with E-state index in [2.05, 4.69) is 71.5 Å². The average Bonchev–Trinajstić information content (AvgIpc) is 2.81. The first kappa shape index (κ1) is 20.5. The van der Waals surface area contributed by atoms with E-state index in [1.54, 1.807) is 6.92 Å². The second-order valence-corrected chi connectivity index (χ2v) is 8.58. The van der Waals surface area contributed by atoms with Crippen molar-refractivity contribution in [2.75, 3.05) is 43.0 Å². The van der Waals surface area contributed by atoms with Gasteiger partial charge in [0, 0.05) is 38.7 Å². The third-order valence-electron chi connectivity index (χ3n) is 6.38. The van der Waals surface area contributed by atoms with Gasteiger partial charge in [0.25, 0.3) is 0 Å². The highest BCUT2D eigenvalue weighted by molar-refractivity contribution is 5.95. The minimum Gasteiger partial charge on any atom is -0.354 e. The van der Waals surface area contributed by atoms with E-state index in [4.69, 9.17) is 4.98 Å². The van der Waals surface area contributed by atoms with E-state index >= 15 is 0 Å². The van der Waals surface area contributed by atoms with Gasteiger partial charge in [-0.05, 0) is 48.0 Å². The number of piperazine rings is 1. The standard InChI is InChI=1S/C27H28N4O/c1-20(32)31-19-24-13-12-23(18-22(24)11-10-21-6-3-4-8-26(21)31)25-7-5-9-27(28-25)30-16-14-29(2)15-17-30/h3-13,18H,14-17,19H2,1-2H3. The SMILES string of the molecule is CC(=O)N1Cc2ccc(-c3cccc(N4CCN(C)CC4)n3)cc2C=Cc2ccccc21. The summed E-state index contributed by atoms with van der Waals surface area (Å²) in [6.07, 6.45) is 4.25. The number of rotatable bonds is 2. The molecular formula is C27H28N4O. The molecule has 1 aromatic heterocycles. The smallest absolute Gasteiger partial charge is 0.224 e. The second-order valence-electron chi connectivity index (χ2n) is 8.58. The van der Waals surface area contributed by atoms with Crippen LogP contribution in [-0.4, -0.2) is 49.0 Å². The number of anilines is 2. The molecule has 2 aliphatic rings. The van der Waals surface area contributed by atoms with Gasteiger partial charge in [-0.1, -0.05) is 48.6 Å². The molecule has 0 N–H and O–H groups in total.